The van der Waals surface area contributed by atoms with E-state index in [2.05, 4.69) is 87.7 Å². The number of hydrogen-bond acceptors (Lipinski definition) is 10. The van der Waals surface area contributed by atoms with E-state index in [0.717, 1.165) is 60.2 Å². The van der Waals surface area contributed by atoms with Gasteiger partial charge in [0.05, 0.1) is 12.0 Å². The Hall–Kier alpha value is -5.84. The van der Waals surface area contributed by atoms with Gasteiger partial charge in [-0.15, -0.1) is 0 Å². The van der Waals surface area contributed by atoms with E-state index in [1.165, 1.54) is 75.9 Å². The zero-order chi connectivity index (χ0) is 39.2. The van der Waals surface area contributed by atoms with Gasteiger partial charge in [-0.1, -0.05) is 32.4 Å². The van der Waals surface area contributed by atoms with Gasteiger partial charge in [-0.25, -0.2) is 29.5 Å². The summed E-state index contributed by atoms with van der Waals surface area (Å²) in [5, 5.41) is 0. The van der Waals surface area contributed by atoms with Crippen LogP contribution in [0.1, 0.15) is 102 Å². The van der Waals surface area contributed by atoms with Crippen molar-refractivity contribution in [2.24, 2.45) is 5.92 Å². The highest BCUT2D eigenvalue weighted by Crippen LogP contribution is 2.36. The van der Waals surface area contributed by atoms with Gasteiger partial charge in [0.2, 0.25) is 5.69 Å². The molecule has 0 bridgehead atoms. The lowest BCUT2D eigenvalue weighted by Gasteiger charge is -2.05. The van der Waals surface area contributed by atoms with Crippen molar-refractivity contribution in [2.75, 3.05) is 35.7 Å². The van der Waals surface area contributed by atoms with Crippen LogP contribution in [0.2, 0.25) is 0 Å². The molecule has 0 saturated heterocycles. The van der Waals surface area contributed by atoms with Gasteiger partial charge in [-0.3, -0.25) is 0 Å². The third-order valence-corrected chi connectivity index (χ3v) is 11.2. The molecule has 10 N–H and O–H groups in total. The maximum Gasteiger partial charge on any atom is 0.213 e. The fourth-order valence-corrected chi connectivity index (χ4v) is 8.20. The quantitative estimate of drug-likeness (QED) is 0.103. The van der Waals surface area contributed by atoms with E-state index >= 15 is 0 Å². The molecule has 286 valence electrons. The molecule has 5 aliphatic rings. The van der Waals surface area contributed by atoms with Gasteiger partial charge < -0.3 is 28.7 Å². The summed E-state index contributed by atoms with van der Waals surface area (Å²) in [5.74, 6) is 5.53. The van der Waals surface area contributed by atoms with Crippen LogP contribution in [0.3, 0.4) is 0 Å². The van der Waals surface area contributed by atoms with Gasteiger partial charge in [-0.05, 0) is 127 Å². The molecule has 5 aromatic heterocycles. The first-order valence-electron chi connectivity index (χ1n) is 19.3. The monoisotopic (exact) mass is 738 g/mol. The van der Waals surface area contributed by atoms with Crippen molar-refractivity contribution in [3.05, 3.63) is 117 Å². The van der Waals surface area contributed by atoms with E-state index in [-0.39, 0.29) is 0 Å². The highest BCUT2D eigenvalue weighted by atomic mass is 15.0. The van der Waals surface area contributed by atoms with Gasteiger partial charge in [0, 0.05) is 48.2 Å². The van der Waals surface area contributed by atoms with E-state index in [0.29, 0.717) is 23.5 Å². The smallest absolute Gasteiger partial charge is 0.213 e. The highest BCUT2D eigenvalue weighted by molar-refractivity contribution is 5.72. The normalized spacial score (nSPS) is 18.8. The van der Waals surface area contributed by atoms with Crippen LogP contribution in [0.4, 0.5) is 34.8 Å². The summed E-state index contributed by atoms with van der Waals surface area (Å²) in [6.07, 6.45) is 22.1. The number of hydrogen-bond donors (Lipinski definition) is 5. The summed E-state index contributed by atoms with van der Waals surface area (Å²) >= 11 is 0. The summed E-state index contributed by atoms with van der Waals surface area (Å²) in [4.78, 5) is 20.2. The number of nitrogens with two attached hydrogens (primary N) is 5. The van der Waals surface area contributed by atoms with E-state index < -0.39 is 0 Å². The number of rotatable bonds is 0. The molecule has 0 radical (unpaired) electrons. The van der Waals surface area contributed by atoms with Crippen molar-refractivity contribution in [3.63, 3.8) is 0 Å². The van der Waals surface area contributed by atoms with Crippen LogP contribution < -0.4 is 28.7 Å². The molecule has 0 aromatic carbocycles. The second kappa shape index (κ2) is 17.1. The van der Waals surface area contributed by atoms with Crippen LogP contribution in [0.15, 0.2) is 66.9 Å². The molecule has 11 nitrogen and oxygen atoms in total. The van der Waals surface area contributed by atoms with Crippen LogP contribution in [-0.2, 0) is 38.5 Å². The molecule has 3 unspecified atom stereocenters. The van der Waals surface area contributed by atoms with Gasteiger partial charge in [-0.2, -0.15) is 0 Å². The molecule has 10 rings (SSSR count). The number of nitrogens with zero attached hydrogens (tertiary/aromatic N) is 6. The average molecular weight is 739 g/mol. The van der Waals surface area contributed by atoms with Gasteiger partial charge >= 0.3 is 0 Å². The topological polar surface area (TPSA) is 198 Å². The molecule has 0 spiro atoms. The standard InChI is InChI=1S/C9H12N2.C9H10N2.2C9H12N2.C8H10N3/c2*1-6-4-7-2-3-11-9(10)8(7)5-6;1-6-2-3-8-7(6)4-5-11-9(8)10;1-6-2-3-7-4-5-11-9(10)8(6)7;1-11-5-3-6-7(11)2-4-10-8(6)9/h2-3,6H,4-5H2,1H3,(H2,10,11);2-3,5H,4H2,1H3,(H2,10,11);2*4-6H,2-3H2,1H3,(H2,10,11);2,4-5H,3H2,1H3,(H2,9,10)/q;;;;+1. The molecule has 4 aliphatic carbocycles. The largest absolute Gasteiger partial charge is 0.383 e. The Balaban J connectivity index is 0.000000117. The first-order chi connectivity index (χ1) is 26.4. The van der Waals surface area contributed by atoms with Crippen molar-refractivity contribution in [2.45, 2.75) is 90.9 Å². The van der Waals surface area contributed by atoms with Gasteiger partial charge in [0.25, 0.3) is 0 Å². The minimum atomic E-state index is 0.610. The molecule has 0 saturated carbocycles. The van der Waals surface area contributed by atoms with Crippen LogP contribution in [0, 0.1) is 5.92 Å². The number of nitrogen functional groups attached to an aromatic ring is 5. The fraction of sp³-hybridized carbons (Fsp3) is 0.364. The van der Waals surface area contributed by atoms with E-state index in [9.17, 15) is 0 Å². The Labute approximate surface area is 325 Å². The van der Waals surface area contributed by atoms with Crippen LogP contribution in [-0.4, -0.2) is 42.8 Å². The lowest BCUT2D eigenvalue weighted by atomic mass is 10.1. The van der Waals surface area contributed by atoms with Crippen molar-refractivity contribution in [1.29, 1.82) is 0 Å². The molecule has 5 aromatic rings. The predicted octanol–water partition coefficient (Wildman–Crippen LogP) is 7.01. The number of allylic oxidation sites excluding steroid dienone is 1. The molecule has 55 heavy (non-hydrogen) atoms. The molecular weight excluding hydrogens is 683 g/mol. The lowest BCUT2D eigenvalue weighted by molar-refractivity contribution is -0.396. The van der Waals surface area contributed by atoms with Crippen LogP contribution in [0.5, 0.6) is 0 Å². The average Bonchev–Trinajstić information content (AvgIpc) is 4.00. The number of pyridine rings is 5. The SMILES string of the molecule is CC1=Cc2c(ccnc2N)C1.CC1CCc2c1ccnc2N.CC1CCc2ccnc(N)c21.CC1Cc2ccnc(N)c2C1.C[N+]1=CCc2c1ccnc2N. The third-order valence-electron chi connectivity index (χ3n) is 11.2. The molecule has 6 heterocycles. The minimum Gasteiger partial charge on any atom is -0.383 e. The summed E-state index contributed by atoms with van der Waals surface area (Å²) < 4.78 is 2.08. The first-order valence-corrected chi connectivity index (χ1v) is 19.3. The van der Waals surface area contributed by atoms with Crippen molar-refractivity contribution in [3.8, 4) is 0 Å². The van der Waals surface area contributed by atoms with E-state index in [4.69, 9.17) is 28.7 Å². The Morgan fingerprint density at radius 1 is 0.600 bits per heavy atom. The number of aryl methyl sites for hydroxylation is 1. The number of fused-ring (bicyclic) bond motifs is 5. The fourth-order valence-electron chi connectivity index (χ4n) is 8.20. The van der Waals surface area contributed by atoms with E-state index in [1.54, 1.807) is 31.0 Å². The van der Waals surface area contributed by atoms with Crippen LogP contribution in [0.25, 0.3) is 6.08 Å². The van der Waals surface area contributed by atoms with E-state index in [1.807, 2.05) is 19.2 Å². The predicted molar refractivity (Wildman–Crippen MR) is 226 cm³/mol. The highest BCUT2D eigenvalue weighted by Gasteiger charge is 2.23. The van der Waals surface area contributed by atoms with Crippen molar-refractivity contribution >= 4 is 47.1 Å². The van der Waals surface area contributed by atoms with Crippen LogP contribution >= 0.6 is 0 Å². The second-order valence-corrected chi connectivity index (χ2v) is 15.4. The lowest BCUT2D eigenvalue weighted by Crippen LogP contribution is -1.98. The Morgan fingerprint density at radius 3 is 1.84 bits per heavy atom. The maximum atomic E-state index is 5.75. The van der Waals surface area contributed by atoms with Crippen molar-refractivity contribution < 1.29 is 4.58 Å². The molecule has 0 fully saturated rings. The minimum absolute atomic E-state index is 0.610. The third kappa shape index (κ3) is 8.94. The molecule has 3 atom stereocenters. The summed E-state index contributed by atoms with van der Waals surface area (Å²) in [5.41, 5.74) is 42.7. The zero-order valence-corrected chi connectivity index (χ0v) is 32.9. The Kier molecular flexibility index (Phi) is 12.1. The Morgan fingerprint density at radius 2 is 1.18 bits per heavy atom. The molecular formula is C44H56N11+. The second-order valence-electron chi connectivity index (χ2n) is 15.4. The van der Waals surface area contributed by atoms with Gasteiger partial charge in [0.1, 0.15) is 42.4 Å². The number of anilines is 5. The molecule has 11 heteroatoms. The molecule has 0 amide bonds. The summed E-state index contributed by atoms with van der Waals surface area (Å²) in [6.45, 7) is 8.81. The van der Waals surface area contributed by atoms with Gasteiger partial charge in [0.15, 0.2) is 0 Å². The summed E-state index contributed by atoms with van der Waals surface area (Å²) in [6, 6.07) is 10.3. The molecule has 1 aliphatic heterocycles. The van der Waals surface area contributed by atoms with Crippen molar-refractivity contribution in [1.82, 2.24) is 24.9 Å². The number of aromatic nitrogens is 5. The zero-order valence-electron chi connectivity index (χ0n) is 32.9. The maximum absolute atomic E-state index is 5.75. The summed E-state index contributed by atoms with van der Waals surface area (Å²) in [7, 11) is 2.02. The first kappa shape index (κ1) is 38.9. The Bertz CT molecular complexity index is 2210.